The van der Waals surface area contributed by atoms with Crippen molar-refractivity contribution in [2.75, 3.05) is 4.90 Å². The number of pyridine rings is 1. The van der Waals surface area contributed by atoms with Crippen LogP contribution in [0.4, 0.5) is 5.13 Å². The second-order valence-corrected chi connectivity index (χ2v) is 7.41. The number of carbonyl (C=O) groups excluding carboxylic acids is 1. The van der Waals surface area contributed by atoms with Crippen molar-refractivity contribution in [3.05, 3.63) is 71.3 Å². The second-order valence-electron chi connectivity index (χ2n) is 6.40. The summed E-state index contributed by atoms with van der Waals surface area (Å²) in [6.45, 7) is 4.48. The average molecular weight is 377 g/mol. The van der Waals surface area contributed by atoms with Crippen molar-refractivity contribution >= 4 is 32.6 Å². The second kappa shape index (κ2) is 6.92. The fourth-order valence-corrected chi connectivity index (χ4v) is 3.95. The standard InChI is InChI=1S/C20H19N5OS/c1-13-7-8-17-18(14(13)2)23-20(27-17)25(12-15-6-4-5-10-21-15)19(26)16-9-11-22-24(16)3/h4-11H,12H2,1-3H3. The minimum Gasteiger partial charge on any atom is -0.277 e. The predicted octanol–water partition coefficient (Wildman–Crippen LogP) is 3.89. The molecule has 3 heterocycles. The SMILES string of the molecule is Cc1ccc2sc(N(Cc3ccccn3)C(=O)c3ccnn3C)nc2c1C. The molecule has 0 radical (unpaired) electrons. The molecule has 3 aromatic heterocycles. The number of fused-ring (bicyclic) bond motifs is 1. The lowest BCUT2D eigenvalue weighted by atomic mass is 10.1. The molecule has 0 saturated carbocycles. The third-order valence-corrected chi connectivity index (χ3v) is 5.68. The molecule has 0 aliphatic heterocycles. The molecule has 4 aromatic rings. The van der Waals surface area contributed by atoms with Crippen LogP contribution >= 0.6 is 11.3 Å². The van der Waals surface area contributed by atoms with Crippen molar-refractivity contribution in [3.8, 4) is 0 Å². The first-order chi connectivity index (χ1) is 13.0. The summed E-state index contributed by atoms with van der Waals surface area (Å²) in [7, 11) is 1.76. The predicted molar refractivity (Wildman–Crippen MR) is 107 cm³/mol. The number of rotatable bonds is 4. The summed E-state index contributed by atoms with van der Waals surface area (Å²) in [6.07, 6.45) is 3.35. The molecule has 0 saturated heterocycles. The van der Waals surface area contributed by atoms with Crippen molar-refractivity contribution in [1.29, 1.82) is 0 Å². The Hall–Kier alpha value is -3.06. The van der Waals surface area contributed by atoms with Gasteiger partial charge in [0.25, 0.3) is 5.91 Å². The van der Waals surface area contributed by atoms with Gasteiger partial charge >= 0.3 is 0 Å². The van der Waals surface area contributed by atoms with Crippen LogP contribution in [0.15, 0.2) is 48.8 Å². The number of aryl methyl sites for hydroxylation is 3. The highest BCUT2D eigenvalue weighted by Gasteiger charge is 2.24. The molecule has 136 valence electrons. The molecule has 27 heavy (non-hydrogen) atoms. The minimum absolute atomic E-state index is 0.144. The number of hydrogen-bond acceptors (Lipinski definition) is 5. The van der Waals surface area contributed by atoms with Crippen LogP contribution in [0.3, 0.4) is 0 Å². The van der Waals surface area contributed by atoms with Gasteiger partial charge in [0, 0.05) is 19.4 Å². The van der Waals surface area contributed by atoms with Crippen LogP contribution in [0.1, 0.15) is 27.3 Å². The fraction of sp³-hybridized carbons (Fsp3) is 0.200. The molecule has 0 spiro atoms. The maximum absolute atomic E-state index is 13.3. The maximum atomic E-state index is 13.3. The van der Waals surface area contributed by atoms with Gasteiger partial charge in [-0.1, -0.05) is 23.5 Å². The van der Waals surface area contributed by atoms with E-state index in [4.69, 9.17) is 4.98 Å². The first-order valence-corrected chi connectivity index (χ1v) is 9.43. The van der Waals surface area contributed by atoms with Crippen LogP contribution in [0.25, 0.3) is 10.2 Å². The van der Waals surface area contributed by atoms with E-state index in [0.29, 0.717) is 17.4 Å². The fourth-order valence-electron chi connectivity index (χ4n) is 2.93. The topological polar surface area (TPSA) is 63.9 Å². The summed E-state index contributed by atoms with van der Waals surface area (Å²) >= 11 is 1.52. The summed E-state index contributed by atoms with van der Waals surface area (Å²) in [6, 6.07) is 11.6. The van der Waals surface area contributed by atoms with E-state index in [-0.39, 0.29) is 5.91 Å². The highest BCUT2D eigenvalue weighted by atomic mass is 32.1. The zero-order chi connectivity index (χ0) is 19.0. The van der Waals surface area contributed by atoms with Crippen LogP contribution in [-0.2, 0) is 13.6 Å². The summed E-state index contributed by atoms with van der Waals surface area (Å²) < 4.78 is 2.65. The van der Waals surface area contributed by atoms with E-state index >= 15 is 0 Å². The molecule has 7 heteroatoms. The number of aromatic nitrogens is 4. The number of nitrogens with zero attached hydrogens (tertiary/aromatic N) is 5. The zero-order valence-electron chi connectivity index (χ0n) is 15.4. The number of hydrogen-bond donors (Lipinski definition) is 0. The lowest BCUT2D eigenvalue weighted by Crippen LogP contribution is -2.32. The molecule has 0 fully saturated rings. The summed E-state index contributed by atoms with van der Waals surface area (Å²) in [4.78, 5) is 24.1. The van der Waals surface area contributed by atoms with Gasteiger partial charge in [0.2, 0.25) is 0 Å². The van der Waals surface area contributed by atoms with Gasteiger partial charge < -0.3 is 0 Å². The van der Waals surface area contributed by atoms with Crippen molar-refractivity contribution in [3.63, 3.8) is 0 Å². The first-order valence-electron chi connectivity index (χ1n) is 8.61. The minimum atomic E-state index is -0.144. The van der Waals surface area contributed by atoms with E-state index in [1.165, 1.54) is 16.9 Å². The molecular formula is C20H19N5OS. The molecule has 0 aliphatic rings. The van der Waals surface area contributed by atoms with Gasteiger partial charge in [0.1, 0.15) is 5.69 Å². The number of amides is 1. The Balaban J connectivity index is 1.81. The lowest BCUT2D eigenvalue weighted by molar-refractivity contribution is 0.0975. The number of anilines is 1. The molecule has 4 rings (SSSR count). The van der Waals surface area contributed by atoms with Gasteiger partial charge in [-0.25, -0.2) is 4.98 Å². The number of thiazole rings is 1. The van der Waals surface area contributed by atoms with Gasteiger partial charge in [0.15, 0.2) is 5.13 Å². The highest BCUT2D eigenvalue weighted by Crippen LogP contribution is 2.33. The van der Waals surface area contributed by atoms with Gasteiger partial charge in [0.05, 0.1) is 22.5 Å². The van der Waals surface area contributed by atoms with E-state index in [1.807, 2.05) is 18.2 Å². The summed E-state index contributed by atoms with van der Waals surface area (Å²) in [5.41, 5.74) is 4.59. The van der Waals surface area contributed by atoms with E-state index in [9.17, 15) is 4.79 Å². The molecule has 6 nitrogen and oxygen atoms in total. The molecule has 0 unspecified atom stereocenters. The number of carbonyl (C=O) groups is 1. The maximum Gasteiger partial charge on any atom is 0.278 e. The quantitative estimate of drug-likeness (QED) is 0.541. The van der Waals surface area contributed by atoms with Gasteiger partial charge in [-0.2, -0.15) is 5.10 Å². The largest absolute Gasteiger partial charge is 0.278 e. The van der Waals surface area contributed by atoms with Crippen molar-refractivity contribution in [1.82, 2.24) is 19.7 Å². The normalized spacial score (nSPS) is 11.1. The Kier molecular flexibility index (Phi) is 4.45. The van der Waals surface area contributed by atoms with Crippen molar-refractivity contribution in [2.45, 2.75) is 20.4 Å². The van der Waals surface area contributed by atoms with Crippen LogP contribution < -0.4 is 4.90 Å². The van der Waals surface area contributed by atoms with Crippen LogP contribution in [0, 0.1) is 13.8 Å². The van der Waals surface area contributed by atoms with E-state index in [0.717, 1.165) is 21.5 Å². The highest BCUT2D eigenvalue weighted by molar-refractivity contribution is 7.22. The average Bonchev–Trinajstić information content (AvgIpc) is 3.30. The molecule has 0 atom stereocenters. The van der Waals surface area contributed by atoms with Crippen LogP contribution in [0.5, 0.6) is 0 Å². The Bertz CT molecular complexity index is 1120. The lowest BCUT2D eigenvalue weighted by Gasteiger charge is -2.19. The molecule has 0 aliphatic carbocycles. The molecule has 1 amide bonds. The monoisotopic (exact) mass is 377 g/mol. The number of benzene rings is 1. The van der Waals surface area contributed by atoms with Gasteiger partial charge in [-0.05, 0) is 49.2 Å². The summed E-state index contributed by atoms with van der Waals surface area (Å²) in [5, 5.41) is 4.79. The van der Waals surface area contributed by atoms with E-state index in [2.05, 4.69) is 36.1 Å². The Morgan fingerprint density at radius 3 is 2.70 bits per heavy atom. The van der Waals surface area contributed by atoms with Gasteiger partial charge in [-0.15, -0.1) is 0 Å². The van der Waals surface area contributed by atoms with Crippen LogP contribution in [0.2, 0.25) is 0 Å². The van der Waals surface area contributed by atoms with Gasteiger partial charge in [-0.3, -0.25) is 19.4 Å². The van der Waals surface area contributed by atoms with Crippen molar-refractivity contribution in [2.24, 2.45) is 7.05 Å². The Morgan fingerprint density at radius 2 is 2.00 bits per heavy atom. The summed E-state index contributed by atoms with van der Waals surface area (Å²) in [5.74, 6) is -0.144. The molecular weight excluding hydrogens is 358 g/mol. The van der Waals surface area contributed by atoms with E-state index in [1.54, 1.807) is 35.1 Å². The smallest absolute Gasteiger partial charge is 0.277 e. The molecule has 0 N–H and O–H groups in total. The van der Waals surface area contributed by atoms with E-state index < -0.39 is 0 Å². The van der Waals surface area contributed by atoms with Crippen LogP contribution in [-0.4, -0.2) is 25.7 Å². The van der Waals surface area contributed by atoms with Crippen molar-refractivity contribution < 1.29 is 4.79 Å². The molecule has 1 aromatic carbocycles. The third-order valence-electron chi connectivity index (χ3n) is 4.64. The Labute approximate surface area is 161 Å². The Morgan fingerprint density at radius 1 is 1.15 bits per heavy atom. The molecule has 0 bridgehead atoms. The third kappa shape index (κ3) is 3.21. The first kappa shape index (κ1) is 17.4. The zero-order valence-corrected chi connectivity index (χ0v) is 16.2.